The molecule has 0 bridgehead atoms. The van der Waals surface area contributed by atoms with Crippen LogP contribution < -0.4 is 0 Å². The van der Waals surface area contributed by atoms with Crippen LogP contribution in [0.5, 0.6) is 5.88 Å². The third-order valence-corrected chi connectivity index (χ3v) is 4.22. The van der Waals surface area contributed by atoms with Gasteiger partial charge in [0.2, 0.25) is 5.88 Å². The van der Waals surface area contributed by atoms with Crippen LogP contribution in [0.1, 0.15) is 5.56 Å². The van der Waals surface area contributed by atoms with Crippen LogP contribution in [0.2, 0.25) is 0 Å². The summed E-state index contributed by atoms with van der Waals surface area (Å²) in [4.78, 5) is 0. The highest BCUT2D eigenvalue weighted by Gasteiger charge is 2.21. The van der Waals surface area contributed by atoms with Crippen LogP contribution in [0.4, 0.5) is 0 Å². The largest absolute Gasteiger partial charge is 0.493 e. The van der Waals surface area contributed by atoms with Gasteiger partial charge in [0.1, 0.15) is 5.69 Å². The fourth-order valence-electron chi connectivity index (χ4n) is 3.02. The standard InChI is InChI=1S/C22H18N2O/c1-16-9-8-12-18(15-16)21-20(17-10-4-2-5-11-17)22(25)24(23-21)19-13-6-3-7-14-19/h2-15,25H,1H3. The van der Waals surface area contributed by atoms with Gasteiger partial charge in [0.25, 0.3) is 0 Å². The third kappa shape index (κ3) is 2.81. The van der Waals surface area contributed by atoms with Gasteiger partial charge in [-0.2, -0.15) is 5.10 Å². The van der Waals surface area contributed by atoms with Crippen molar-refractivity contribution in [3.8, 4) is 34.0 Å². The molecule has 0 spiro atoms. The van der Waals surface area contributed by atoms with Crippen LogP contribution in [-0.4, -0.2) is 14.9 Å². The molecule has 0 unspecified atom stereocenters. The van der Waals surface area contributed by atoms with Gasteiger partial charge in [-0.05, 0) is 30.7 Å². The summed E-state index contributed by atoms with van der Waals surface area (Å²) >= 11 is 0. The second-order valence-electron chi connectivity index (χ2n) is 6.03. The van der Waals surface area contributed by atoms with Gasteiger partial charge in [0.15, 0.2) is 0 Å². The lowest BCUT2D eigenvalue weighted by atomic mass is 10.0. The Morgan fingerprint density at radius 2 is 1.40 bits per heavy atom. The van der Waals surface area contributed by atoms with Gasteiger partial charge in [-0.1, -0.05) is 72.3 Å². The monoisotopic (exact) mass is 326 g/mol. The Balaban J connectivity index is 1.99. The van der Waals surface area contributed by atoms with E-state index in [1.54, 1.807) is 4.68 Å². The predicted molar refractivity (Wildman–Crippen MR) is 101 cm³/mol. The van der Waals surface area contributed by atoms with E-state index in [2.05, 4.69) is 19.1 Å². The van der Waals surface area contributed by atoms with Crippen molar-refractivity contribution in [3.63, 3.8) is 0 Å². The normalized spacial score (nSPS) is 10.8. The Bertz CT molecular complexity index is 1000. The summed E-state index contributed by atoms with van der Waals surface area (Å²) in [6, 6.07) is 27.7. The Hall–Kier alpha value is -3.33. The molecule has 122 valence electrons. The van der Waals surface area contributed by atoms with E-state index in [1.165, 1.54) is 0 Å². The van der Waals surface area contributed by atoms with Crippen molar-refractivity contribution < 1.29 is 5.11 Å². The quantitative estimate of drug-likeness (QED) is 0.560. The molecule has 3 heteroatoms. The average Bonchev–Trinajstić information content (AvgIpc) is 3.00. The molecule has 0 aliphatic carbocycles. The molecule has 0 saturated carbocycles. The van der Waals surface area contributed by atoms with Crippen LogP contribution in [-0.2, 0) is 0 Å². The zero-order chi connectivity index (χ0) is 17.2. The second kappa shape index (κ2) is 6.29. The van der Waals surface area contributed by atoms with Gasteiger partial charge in [0, 0.05) is 5.56 Å². The zero-order valence-electron chi connectivity index (χ0n) is 13.9. The van der Waals surface area contributed by atoms with Crippen molar-refractivity contribution in [1.82, 2.24) is 9.78 Å². The van der Waals surface area contributed by atoms with Gasteiger partial charge in [0.05, 0.1) is 11.3 Å². The van der Waals surface area contributed by atoms with Crippen molar-refractivity contribution >= 4 is 0 Å². The zero-order valence-corrected chi connectivity index (χ0v) is 13.9. The average molecular weight is 326 g/mol. The molecule has 1 N–H and O–H groups in total. The van der Waals surface area contributed by atoms with E-state index in [0.29, 0.717) is 0 Å². The van der Waals surface area contributed by atoms with Crippen molar-refractivity contribution in [2.75, 3.05) is 0 Å². The smallest absolute Gasteiger partial charge is 0.222 e. The van der Waals surface area contributed by atoms with E-state index < -0.39 is 0 Å². The lowest BCUT2D eigenvalue weighted by Gasteiger charge is -2.04. The summed E-state index contributed by atoms with van der Waals surface area (Å²) in [7, 11) is 0. The van der Waals surface area contributed by atoms with E-state index in [1.807, 2.05) is 72.8 Å². The number of aryl methyl sites for hydroxylation is 1. The molecular formula is C22H18N2O. The summed E-state index contributed by atoms with van der Waals surface area (Å²) < 4.78 is 1.60. The van der Waals surface area contributed by atoms with Gasteiger partial charge in [-0.3, -0.25) is 0 Å². The van der Waals surface area contributed by atoms with Crippen molar-refractivity contribution in [3.05, 3.63) is 90.5 Å². The summed E-state index contributed by atoms with van der Waals surface area (Å²) in [6.45, 7) is 2.06. The van der Waals surface area contributed by atoms with E-state index in [-0.39, 0.29) is 5.88 Å². The molecule has 0 radical (unpaired) electrons. The van der Waals surface area contributed by atoms with E-state index in [4.69, 9.17) is 5.10 Å². The summed E-state index contributed by atoms with van der Waals surface area (Å²) in [6.07, 6.45) is 0. The fourth-order valence-corrected chi connectivity index (χ4v) is 3.02. The van der Waals surface area contributed by atoms with Crippen molar-refractivity contribution in [1.29, 1.82) is 0 Å². The van der Waals surface area contributed by atoms with Crippen molar-refractivity contribution in [2.24, 2.45) is 0 Å². The number of rotatable bonds is 3. The highest BCUT2D eigenvalue weighted by atomic mass is 16.3. The summed E-state index contributed by atoms with van der Waals surface area (Å²) in [5.41, 5.74) is 5.44. The van der Waals surface area contributed by atoms with Gasteiger partial charge in [-0.15, -0.1) is 0 Å². The maximum absolute atomic E-state index is 10.9. The highest BCUT2D eigenvalue weighted by molar-refractivity contribution is 5.85. The Morgan fingerprint density at radius 3 is 2.08 bits per heavy atom. The third-order valence-electron chi connectivity index (χ3n) is 4.22. The number of aromatic nitrogens is 2. The lowest BCUT2D eigenvalue weighted by Crippen LogP contribution is -1.95. The van der Waals surface area contributed by atoms with E-state index in [9.17, 15) is 5.11 Å². The summed E-state index contributed by atoms with van der Waals surface area (Å²) in [5.74, 6) is 0.147. The van der Waals surface area contributed by atoms with E-state index >= 15 is 0 Å². The molecule has 0 saturated heterocycles. The molecule has 0 amide bonds. The molecule has 3 nitrogen and oxygen atoms in total. The first-order valence-corrected chi connectivity index (χ1v) is 8.24. The lowest BCUT2D eigenvalue weighted by molar-refractivity contribution is 0.435. The van der Waals surface area contributed by atoms with E-state index in [0.717, 1.165) is 33.6 Å². The van der Waals surface area contributed by atoms with Crippen LogP contribution in [0.3, 0.4) is 0 Å². The van der Waals surface area contributed by atoms with Gasteiger partial charge >= 0.3 is 0 Å². The Kier molecular flexibility index (Phi) is 3.82. The minimum absolute atomic E-state index is 0.147. The molecule has 4 rings (SSSR count). The van der Waals surface area contributed by atoms with Crippen LogP contribution in [0.15, 0.2) is 84.9 Å². The SMILES string of the molecule is Cc1cccc(-c2nn(-c3ccccc3)c(O)c2-c2ccccc2)c1. The molecule has 0 fully saturated rings. The predicted octanol–water partition coefficient (Wildman–Crippen LogP) is 5.22. The molecule has 3 aromatic carbocycles. The Labute approximate surface area is 146 Å². The molecular weight excluding hydrogens is 308 g/mol. The van der Waals surface area contributed by atoms with Crippen LogP contribution in [0, 0.1) is 6.92 Å². The second-order valence-corrected chi connectivity index (χ2v) is 6.03. The number of hydrogen-bond donors (Lipinski definition) is 1. The van der Waals surface area contributed by atoms with Crippen LogP contribution >= 0.6 is 0 Å². The maximum Gasteiger partial charge on any atom is 0.222 e. The molecule has 1 aromatic heterocycles. The number of para-hydroxylation sites is 1. The summed E-state index contributed by atoms with van der Waals surface area (Å²) in [5, 5.41) is 15.7. The molecule has 0 aliphatic rings. The first-order chi connectivity index (χ1) is 12.2. The molecule has 0 aliphatic heterocycles. The molecule has 4 aromatic rings. The van der Waals surface area contributed by atoms with Gasteiger partial charge < -0.3 is 5.11 Å². The first kappa shape index (κ1) is 15.2. The fraction of sp³-hybridized carbons (Fsp3) is 0.0455. The minimum atomic E-state index is 0.147. The number of benzene rings is 3. The highest BCUT2D eigenvalue weighted by Crippen LogP contribution is 2.39. The molecule has 25 heavy (non-hydrogen) atoms. The number of nitrogens with zero attached hydrogens (tertiary/aromatic N) is 2. The van der Waals surface area contributed by atoms with Gasteiger partial charge in [-0.25, -0.2) is 4.68 Å². The first-order valence-electron chi connectivity index (χ1n) is 8.24. The molecule has 0 atom stereocenters. The van der Waals surface area contributed by atoms with Crippen LogP contribution in [0.25, 0.3) is 28.1 Å². The topological polar surface area (TPSA) is 38.0 Å². The Morgan fingerprint density at radius 1 is 0.760 bits per heavy atom. The minimum Gasteiger partial charge on any atom is -0.493 e. The van der Waals surface area contributed by atoms with Crippen molar-refractivity contribution in [2.45, 2.75) is 6.92 Å². The molecule has 1 heterocycles. The maximum atomic E-state index is 10.9. The number of hydrogen-bond acceptors (Lipinski definition) is 2. The number of aromatic hydroxyl groups is 1.